The van der Waals surface area contributed by atoms with E-state index in [-0.39, 0.29) is 17.7 Å². The molecule has 92 valence electrons. The summed E-state index contributed by atoms with van der Waals surface area (Å²) in [6, 6.07) is 0. The van der Waals surface area contributed by atoms with E-state index in [9.17, 15) is 9.59 Å². The third-order valence-corrected chi connectivity index (χ3v) is 3.88. The zero-order chi connectivity index (χ0) is 12.4. The van der Waals surface area contributed by atoms with E-state index in [4.69, 9.17) is 0 Å². The van der Waals surface area contributed by atoms with Crippen LogP contribution in [0.4, 0.5) is 5.13 Å². The topological polar surface area (TPSA) is 71.1 Å². The average Bonchev–Trinajstić information content (AvgIpc) is 2.58. The van der Waals surface area contributed by atoms with Gasteiger partial charge >= 0.3 is 0 Å². The maximum Gasteiger partial charge on any atom is 0.231 e. The third-order valence-electron chi connectivity index (χ3n) is 2.89. The molecule has 0 spiro atoms. The molecule has 0 aromatic carbocycles. The Bertz CT molecular complexity index is 426. The normalized spacial score (nSPS) is 19.9. The molecule has 1 aromatic rings. The van der Waals surface area contributed by atoms with Crippen LogP contribution < -0.4 is 10.6 Å². The van der Waals surface area contributed by atoms with Crippen molar-refractivity contribution >= 4 is 28.3 Å². The number of nitrogens with zero attached hydrogens (tertiary/aromatic N) is 1. The second kappa shape index (κ2) is 4.83. The van der Waals surface area contributed by atoms with E-state index >= 15 is 0 Å². The highest BCUT2D eigenvalue weighted by Crippen LogP contribution is 2.22. The van der Waals surface area contributed by atoms with Crippen LogP contribution in [-0.4, -0.2) is 23.3 Å². The van der Waals surface area contributed by atoms with Crippen LogP contribution in [0.2, 0.25) is 0 Å². The third kappa shape index (κ3) is 2.82. The van der Waals surface area contributed by atoms with E-state index in [1.165, 1.54) is 11.3 Å². The number of piperidine rings is 1. The summed E-state index contributed by atoms with van der Waals surface area (Å²) in [5.74, 6) is -0.175. The molecule has 2 rings (SSSR count). The van der Waals surface area contributed by atoms with Crippen LogP contribution in [-0.2, 0) is 9.59 Å². The number of aromatic nitrogens is 1. The quantitative estimate of drug-likeness (QED) is 0.832. The minimum absolute atomic E-state index is 0.0231. The first-order chi connectivity index (χ1) is 8.06. The van der Waals surface area contributed by atoms with Crippen LogP contribution in [0.3, 0.4) is 0 Å². The molecule has 0 unspecified atom stereocenters. The van der Waals surface area contributed by atoms with Crippen LogP contribution in [0.25, 0.3) is 0 Å². The van der Waals surface area contributed by atoms with Crippen LogP contribution in [0.1, 0.15) is 23.4 Å². The summed E-state index contributed by atoms with van der Waals surface area (Å²) >= 11 is 1.48. The second-order valence-electron chi connectivity index (χ2n) is 4.19. The lowest BCUT2D eigenvalue weighted by Gasteiger charge is -2.20. The molecule has 0 bridgehead atoms. The van der Waals surface area contributed by atoms with E-state index in [1.807, 2.05) is 13.8 Å². The SMILES string of the molecule is Cc1nc(NC(=O)[C@H]2CCC(=O)NC2)sc1C. The standard InChI is InChI=1S/C11H15N3O2S/c1-6-7(2)17-11(13-6)14-10(16)8-3-4-9(15)12-5-8/h8H,3-5H2,1-2H3,(H,12,15)(H,13,14,16)/t8-/m0/s1. The van der Waals surface area contributed by atoms with Crippen molar-refractivity contribution in [3.8, 4) is 0 Å². The van der Waals surface area contributed by atoms with Crippen molar-refractivity contribution in [3.63, 3.8) is 0 Å². The van der Waals surface area contributed by atoms with Crippen molar-refractivity contribution < 1.29 is 9.59 Å². The summed E-state index contributed by atoms with van der Waals surface area (Å²) in [6.45, 7) is 4.32. The van der Waals surface area contributed by atoms with Crippen molar-refractivity contribution in [2.24, 2.45) is 5.92 Å². The molecular weight excluding hydrogens is 238 g/mol. The van der Waals surface area contributed by atoms with Crippen LogP contribution in [0, 0.1) is 19.8 Å². The van der Waals surface area contributed by atoms with Gasteiger partial charge in [0.2, 0.25) is 11.8 Å². The summed E-state index contributed by atoms with van der Waals surface area (Å²) in [7, 11) is 0. The van der Waals surface area contributed by atoms with Crippen LogP contribution >= 0.6 is 11.3 Å². The van der Waals surface area contributed by atoms with Crippen molar-refractivity contribution in [3.05, 3.63) is 10.6 Å². The number of hydrogen-bond donors (Lipinski definition) is 2. The number of thiazole rings is 1. The average molecular weight is 253 g/mol. The van der Waals surface area contributed by atoms with Crippen LogP contribution in [0.5, 0.6) is 0 Å². The Kier molecular flexibility index (Phi) is 3.42. The van der Waals surface area contributed by atoms with Gasteiger partial charge in [-0.1, -0.05) is 0 Å². The molecular formula is C11H15N3O2S. The number of nitrogens with one attached hydrogen (secondary N) is 2. The lowest BCUT2D eigenvalue weighted by Crippen LogP contribution is -2.40. The molecule has 0 saturated carbocycles. The van der Waals surface area contributed by atoms with Gasteiger partial charge in [0.05, 0.1) is 11.6 Å². The van der Waals surface area contributed by atoms with Gasteiger partial charge in [0.15, 0.2) is 5.13 Å². The molecule has 2 N–H and O–H groups in total. The first-order valence-electron chi connectivity index (χ1n) is 5.58. The lowest BCUT2D eigenvalue weighted by molar-refractivity contribution is -0.126. The smallest absolute Gasteiger partial charge is 0.231 e. The molecule has 1 atom stereocenters. The van der Waals surface area contributed by atoms with Gasteiger partial charge in [-0.2, -0.15) is 0 Å². The molecule has 1 saturated heterocycles. The molecule has 17 heavy (non-hydrogen) atoms. The van der Waals surface area contributed by atoms with E-state index in [0.29, 0.717) is 24.5 Å². The van der Waals surface area contributed by atoms with Gasteiger partial charge in [-0.15, -0.1) is 11.3 Å². The summed E-state index contributed by atoms with van der Waals surface area (Å²) < 4.78 is 0. The number of hydrogen-bond acceptors (Lipinski definition) is 4. The van der Waals surface area contributed by atoms with Crippen molar-refractivity contribution in [2.45, 2.75) is 26.7 Å². The van der Waals surface area contributed by atoms with Gasteiger partial charge in [0.1, 0.15) is 0 Å². The number of carbonyl (C=O) groups excluding carboxylic acids is 2. The van der Waals surface area contributed by atoms with E-state index in [2.05, 4.69) is 15.6 Å². The predicted octanol–water partition coefficient (Wildman–Crippen LogP) is 1.22. The van der Waals surface area contributed by atoms with Gasteiger partial charge in [0.25, 0.3) is 0 Å². The lowest BCUT2D eigenvalue weighted by atomic mass is 9.98. The first kappa shape index (κ1) is 12.0. The number of amides is 2. The highest BCUT2D eigenvalue weighted by molar-refractivity contribution is 7.15. The highest BCUT2D eigenvalue weighted by Gasteiger charge is 2.25. The zero-order valence-electron chi connectivity index (χ0n) is 9.87. The Balaban J connectivity index is 1.95. The molecule has 0 aliphatic carbocycles. The minimum Gasteiger partial charge on any atom is -0.355 e. The summed E-state index contributed by atoms with van der Waals surface area (Å²) in [5.41, 5.74) is 0.947. The monoisotopic (exact) mass is 253 g/mol. The number of carbonyl (C=O) groups is 2. The Morgan fingerprint density at radius 3 is 2.82 bits per heavy atom. The molecule has 1 aliphatic heterocycles. The molecule has 1 aliphatic rings. The maximum absolute atomic E-state index is 11.9. The zero-order valence-corrected chi connectivity index (χ0v) is 10.7. The first-order valence-corrected chi connectivity index (χ1v) is 6.39. The fraction of sp³-hybridized carbons (Fsp3) is 0.545. The molecule has 2 amide bonds. The number of rotatable bonds is 2. The molecule has 2 heterocycles. The van der Waals surface area contributed by atoms with Crippen molar-refractivity contribution in [1.82, 2.24) is 10.3 Å². The molecule has 1 aromatic heterocycles. The van der Waals surface area contributed by atoms with Crippen molar-refractivity contribution in [2.75, 3.05) is 11.9 Å². The second-order valence-corrected chi connectivity index (χ2v) is 5.39. The molecule has 0 radical (unpaired) electrons. The van der Waals surface area contributed by atoms with Gasteiger partial charge in [-0.3, -0.25) is 9.59 Å². The predicted molar refractivity (Wildman–Crippen MR) is 66.0 cm³/mol. The van der Waals surface area contributed by atoms with E-state index in [0.717, 1.165) is 10.6 Å². The molecule has 5 nitrogen and oxygen atoms in total. The number of aryl methyl sites for hydroxylation is 2. The van der Waals surface area contributed by atoms with Gasteiger partial charge in [0, 0.05) is 17.8 Å². The summed E-state index contributed by atoms with van der Waals surface area (Å²) in [5, 5.41) is 6.14. The van der Waals surface area contributed by atoms with Gasteiger partial charge < -0.3 is 10.6 Å². The fourth-order valence-corrected chi connectivity index (χ4v) is 2.51. The Hall–Kier alpha value is -1.43. The highest BCUT2D eigenvalue weighted by atomic mass is 32.1. The molecule has 1 fully saturated rings. The summed E-state index contributed by atoms with van der Waals surface area (Å²) in [4.78, 5) is 28.3. The van der Waals surface area contributed by atoms with Gasteiger partial charge in [-0.25, -0.2) is 4.98 Å². The van der Waals surface area contributed by atoms with Crippen LogP contribution in [0.15, 0.2) is 0 Å². The summed E-state index contributed by atoms with van der Waals surface area (Å²) in [6.07, 6.45) is 1.04. The van der Waals surface area contributed by atoms with Crippen molar-refractivity contribution in [1.29, 1.82) is 0 Å². The molecule has 6 heteroatoms. The number of anilines is 1. The van der Waals surface area contributed by atoms with Gasteiger partial charge in [-0.05, 0) is 20.3 Å². The Labute approximate surface area is 104 Å². The van der Waals surface area contributed by atoms with E-state index in [1.54, 1.807) is 0 Å². The Morgan fingerprint density at radius 2 is 2.29 bits per heavy atom. The minimum atomic E-state index is -0.141. The largest absolute Gasteiger partial charge is 0.355 e. The fourth-order valence-electron chi connectivity index (χ4n) is 1.69. The Morgan fingerprint density at radius 1 is 1.53 bits per heavy atom. The maximum atomic E-state index is 11.9. The van der Waals surface area contributed by atoms with E-state index < -0.39 is 0 Å².